The third-order valence-electron chi connectivity index (χ3n) is 2.51. The molecule has 0 aliphatic carbocycles. The SMILES string of the molecule is COC(=O)Nc1cccc(NC(=O)c2ccc(Br)cn2)c1. The zero-order valence-corrected chi connectivity index (χ0v) is 12.7. The molecule has 2 aromatic rings. The van der Waals surface area contributed by atoms with E-state index in [0.717, 1.165) is 4.47 Å². The van der Waals surface area contributed by atoms with E-state index in [1.165, 1.54) is 7.11 Å². The zero-order valence-electron chi connectivity index (χ0n) is 11.1. The van der Waals surface area contributed by atoms with Crippen molar-refractivity contribution in [3.05, 3.63) is 52.8 Å². The number of methoxy groups -OCH3 is 1. The maximum absolute atomic E-state index is 12.0. The molecule has 0 aliphatic rings. The summed E-state index contributed by atoms with van der Waals surface area (Å²) in [5.74, 6) is -0.335. The predicted octanol–water partition coefficient (Wildman–Crippen LogP) is 3.27. The summed E-state index contributed by atoms with van der Waals surface area (Å²) in [4.78, 5) is 27.2. The number of halogens is 1. The summed E-state index contributed by atoms with van der Waals surface area (Å²) in [6, 6.07) is 10.1. The van der Waals surface area contributed by atoms with Gasteiger partial charge in [0.25, 0.3) is 5.91 Å². The number of pyridine rings is 1. The molecule has 1 aromatic carbocycles. The van der Waals surface area contributed by atoms with Crippen molar-refractivity contribution in [3.63, 3.8) is 0 Å². The molecule has 0 unspecified atom stereocenters. The van der Waals surface area contributed by atoms with Crippen LogP contribution >= 0.6 is 15.9 Å². The molecule has 1 heterocycles. The highest BCUT2D eigenvalue weighted by atomic mass is 79.9. The molecule has 0 saturated carbocycles. The van der Waals surface area contributed by atoms with Crippen LogP contribution in [-0.4, -0.2) is 24.1 Å². The first kappa shape index (κ1) is 15.0. The van der Waals surface area contributed by atoms with E-state index in [1.54, 1.807) is 42.6 Å². The molecule has 0 spiro atoms. The lowest BCUT2D eigenvalue weighted by atomic mass is 10.2. The molecule has 21 heavy (non-hydrogen) atoms. The van der Waals surface area contributed by atoms with Crippen LogP contribution in [0.5, 0.6) is 0 Å². The van der Waals surface area contributed by atoms with Gasteiger partial charge in [0.05, 0.1) is 7.11 Å². The van der Waals surface area contributed by atoms with Crippen molar-refractivity contribution >= 4 is 39.3 Å². The Morgan fingerprint density at radius 1 is 1.14 bits per heavy atom. The number of anilines is 2. The lowest BCUT2D eigenvalue weighted by Crippen LogP contribution is -2.14. The Labute approximate surface area is 129 Å². The predicted molar refractivity (Wildman–Crippen MR) is 82.4 cm³/mol. The number of benzene rings is 1. The summed E-state index contributed by atoms with van der Waals surface area (Å²) in [6.07, 6.45) is 0.970. The summed E-state index contributed by atoms with van der Waals surface area (Å²) in [5.41, 5.74) is 1.35. The van der Waals surface area contributed by atoms with Crippen molar-refractivity contribution in [2.75, 3.05) is 17.7 Å². The number of carbonyl (C=O) groups is 2. The topological polar surface area (TPSA) is 80.3 Å². The average molecular weight is 350 g/mol. The lowest BCUT2D eigenvalue weighted by Gasteiger charge is -2.08. The van der Waals surface area contributed by atoms with Crippen molar-refractivity contribution in [2.24, 2.45) is 0 Å². The molecule has 2 rings (SSSR count). The smallest absolute Gasteiger partial charge is 0.411 e. The molecule has 6 nitrogen and oxygen atoms in total. The van der Waals surface area contributed by atoms with Gasteiger partial charge in [-0.25, -0.2) is 9.78 Å². The number of nitrogens with one attached hydrogen (secondary N) is 2. The van der Waals surface area contributed by atoms with Crippen LogP contribution in [0.25, 0.3) is 0 Å². The monoisotopic (exact) mass is 349 g/mol. The van der Waals surface area contributed by atoms with Gasteiger partial charge in [0.1, 0.15) is 5.69 Å². The third-order valence-corrected chi connectivity index (χ3v) is 2.98. The lowest BCUT2D eigenvalue weighted by molar-refractivity contribution is 0.102. The number of rotatable bonds is 3. The first-order valence-corrected chi connectivity index (χ1v) is 6.76. The summed E-state index contributed by atoms with van der Waals surface area (Å²) < 4.78 is 5.30. The van der Waals surface area contributed by atoms with Crippen molar-refractivity contribution < 1.29 is 14.3 Å². The number of amides is 2. The molecule has 0 fully saturated rings. The fraction of sp³-hybridized carbons (Fsp3) is 0.0714. The van der Waals surface area contributed by atoms with Crippen molar-refractivity contribution in [3.8, 4) is 0 Å². The Kier molecular flexibility index (Phi) is 4.89. The van der Waals surface area contributed by atoms with E-state index in [-0.39, 0.29) is 5.91 Å². The van der Waals surface area contributed by atoms with Crippen molar-refractivity contribution in [1.82, 2.24) is 4.98 Å². The van der Waals surface area contributed by atoms with Gasteiger partial charge in [-0.2, -0.15) is 0 Å². The van der Waals surface area contributed by atoms with E-state index in [2.05, 4.69) is 36.3 Å². The number of aromatic nitrogens is 1. The number of hydrogen-bond acceptors (Lipinski definition) is 4. The van der Waals surface area contributed by atoms with Gasteiger partial charge >= 0.3 is 6.09 Å². The van der Waals surface area contributed by atoms with Gasteiger partial charge in [-0.15, -0.1) is 0 Å². The molecule has 2 N–H and O–H groups in total. The van der Waals surface area contributed by atoms with Gasteiger partial charge in [0.15, 0.2) is 0 Å². The minimum atomic E-state index is -0.576. The Morgan fingerprint density at radius 3 is 2.48 bits per heavy atom. The maximum Gasteiger partial charge on any atom is 0.411 e. The highest BCUT2D eigenvalue weighted by Gasteiger charge is 2.08. The zero-order chi connectivity index (χ0) is 15.2. The van der Waals surface area contributed by atoms with Gasteiger partial charge in [0.2, 0.25) is 0 Å². The van der Waals surface area contributed by atoms with Crippen molar-refractivity contribution in [2.45, 2.75) is 0 Å². The molecular weight excluding hydrogens is 338 g/mol. The Morgan fingerprint density at radius 2 is 1.86 bits per heavy atom. The van der Waals surface area contributed by atoms with Crippen LogP contribution in [0, 0.1) is 0 Å². The molecule has 0 atom stereocenters. The standard InChI is InChI=1S/C14H12BrN3O3/c1-21-14(20)18-11-4-2-3-10(7-11)17-13(19)12-6-5-9(15)8-16-12/h2-8H,1H3,(H,17,19)(H,18,20). The molecule has 108 valence electrons. The van der Waals surface area contributed by atoms with Crippen molar-refractivity contribution in [1.29, 1.82) is 0 Å². The highest BCUT2D eigenvalue weighted by Crippen LogP contribution is 2.16. The minimum absolute atomic E-state index is 0.296. The Balaban J connectivity index is 2.08. The number of nitrogens with zero attached hydrogens (tertiary/aromatic N) is 1. The fourth-order valence-electron chi connectivity index (χ4n) is 1.55. The maximum atomic E-state index is 12.0. The average Bonchev–Trinajstić information content (AvgIpc) is 2.48. The van der Waals surface area contributed by atoms with E-state index in [4.69, 9.17) is 0 Å². The minimum Gasteiger partial charge on any atom is -0.453 e. The largest absolute Gasteiger partial charge is 0.453 e. The summed E-state index contributed by atoms with van der Waals surface area (Å²) in [5, 5.41) is 5.22. The molecule has 2 amide bonds. The van der Waals surface area contributed by atoms with Crippen LogP contribution in [0.1, 0.15) is 10.5 Å². The third kappa shape index (κ3) is 4.28. The molecule has 0 aliphatic heterocycles. The Hall–Kier alpha value is -2.41. The molecule has 1 aromatic heterocycles. The first-order chi connectivity index (χ1) is 10.1. The van der Waals surface area contributed by atoms with E-state index < -0.39 is 6.09 Å². The number of ether oxygens (including phenoxy) is 1. The molecule has 0 bridgehead atoms. The van der Waals surface area contributed by atoms with Gasteiger partial charge < -0.3 is 10.1 Å². The van der Waals surface area contributed by atoms with Gasteiger partial charge in [-0.3, -0.25) is 10.1 Å². The van der Waals surface area contributed by atoms with E-state index >= 15 is 0 Å². The first-order valence-electron chi connectivity index (χ1n) is 5.96. The second-order valence-corrected chi connectivity index (χ2v) is 4.93. The van der Waals surface area contributed by atoms with Crippen LogP contribution in [-0.2, 0) is 4.74 Å². The quantitative estimate of drug-likeness (QED) is 0.890. The van der Waals surface area contributed by atoms with E-state index in [1.807, 2.05) is 0 Å². The van der Waals surface area contributed by atoms with Crippen LogP contribution in [0.3, 0.4) is 0 Å². The van der Waals surface area contributed by atoms with Gasteiger partial charge in [0, 0.05) is 22.0 Å². The second kappa shape index (κ2) is 6.85. The van der Waals surface area contributed by atoms with Crippen LogP contribution < -0.4 is 10.6 Å². The second-order valence-electron chi connectivity index (χ2n) is 4.01. The van der Waals surface area contributed by atoms with Crippen LogP contribution in [0.2, 0.25) is 0 Å². The number of hydrogen-bond donors (Lipinski definition) is 2. The molecule has 0 radical (unpaired) electrons. The summed E-state index contributed by atoms with van der Waals surface area (Å²) in [6.45, 7) is 0. The highest BCUT2D eigenvalue weighted by molar-refractivity contribution is 9.10. The fourth-order valence-corrected chi connectivity index (χ4v) is 1.78. The summed E-state index contributed by atoms with van der Waals surface area (Å²) >= 11 is 3.25. The van der Waals surface area contributed by atoms with Crippen LogP contribution in [0.15, 0.2) is 47.1 Å². The number of carbonyl (C=O) groups excluding carboxylic acids is 2. The molecular formula is C14H12BrN3O3. The normalized spacial score (nSPS) is 9.81. The van der Waals surface area contributed by atoms with Gasteiger partial charge in [-0.05, 0) is 46.3 Å². The van der Waals surface area contributed by atoms with Crippen LogP contribution in [0.4, 0.5) is 16.2 Å². The molecule has 7 heteroatoms. The van der Waals surface area contributed by atoms with E-state index in [9.17, 15) is 9.59 Å². The van der Waals surface area contributed by atoms with Gasteiger partial charge in [-0.1, -0.05) is 6.07 Å². The summed E-state index contributed by atoms with van der Waals surface area (Å²) in [7, 11) is 1.28. The van der Waals surface area contributed by atoms with E-state index in [0.29, 0.717) is 17.1 Å². The Bertz CT molecular complexity index is 659. The molecule has 0 saturated heterocycles.